The van der Waals surface area contributed by atoms with Crippen molar-refractivity contribution in [2.45, 2.75) is 58.5 Å². The summed E-state index contributed by atoms with van der Waals surface area (Å²) < 4.78 is 30.8. The summed E-state index contributed by atoms with van der Waals surface area (Å²) in [4.78, 5) is 22.2. The number of thiophene rings is 2. The van der Waals surface area contributed by atoms with E-state index < -0.39 is 0 Å². The van der Waals surface area contributed by atoms with Crippen molar-refractivity contribution in [1.82, 2.24) is 30.2 Å². The Morgan fingerprint density at radius 2 is 1.15 bits per heavy atom. The highest BCUT2D eigenvalue weighted by Crippen LogP contribution is 2.38. The summed E-state index contributed by atoms with van der Waals surface area (Å²) in [6.07, 6.45) is 3.14. The minimum absolute atomic E-state index is 0.0408. The highest BCUT2D eigenvalue weighted by atomic mass is 32.1. The largest absolute Gasteiger partial charge is 0.493 e. The molecule has 274 valence electrons. The average Bonchev–Trinajstić information content (AvgIpc) is 3.99. The summed E-state index contributed by atoms with van der Waals surface area (Å²) in [5, 5.41) is 17.1. The average molecular weight is 761 g/mol. The summed E-state index contributed by atoms with van der Waals surface area (Å²) in [7, 11) is 0. The predicted molar refractivity (Wildman–Crippen MR) is 211 cm³/mol. The zero-order chi connectivity index (χ0) is 37.5. The molecule has 0 amide bonds. The molecule has 11 nitrogen and oxygen atoms in total. The number of anilines is 2. The second kappa shape index (κ2) is 14.3. The molecule has 6 heterocycles. The summed E-state index contributed by atoms with van der Waals surface area (Å²) >= 11 is 3.31. The van der Waals surface area contributed by atoms with Crippen LogP contribution in [0.15, 0.2) is 94.5 Å². The van der Waals surface area contributed by atoms with Gasteiger partial charge in [0, 0.05) is 38.4 Å². The number of nitrogens with zero attached hydrogens (tertiary/aromatic N) is 6. The second-order valence-electron chi connectivity index (χ2n) is 14.6. The third-order valence-corrected chi connectivity index (χ3v) is 11.8. The Bertz CT molecular complexity index is 2550. The molecule has 6 aromatic heterocycles. The monoisotopic (exact) mass is 760 g/mol. The van der Waals surface area contributed by atoms with Crippen molar-refractivity contribution in [3.8, 4) is 28.3 Å². The first-order chi connectivity index (χ1) is 26.0. The van der Waals surface area contributed by atoms with Crippen molar-refractivity contribution in [1.29, 1.82) is 0 Å². The first kappa shape index (κ1) is 35.3. The Balaban J connectivity index is 0.877. The number of halogens is 1. The van der Waals surface area contributed by atoms with Crippen molar-refractivity contribution < 1.29 is 18.2 Å². The van der Waals surface area contributed by atoms with E-state index in [1.54, 1.807) is 47.5 Å². The summed E-state index contributed by atoms with van der Waals surface area (Å²) in [5.41, 5.74) is 2.81. The van der Waals surface area contributed by atoms with Gasteiger partial charge < -0.3 is 24.4 Å². The fraction of sp³-hybridized carbons (Fsp3) is 0.250. The molecule has 2 aromatic carbocycles. The quantitative estimate of drug-likeness (QED) is 0.123. The zero-order valence-electron chi connectivity index (χ0n) is 30.3. The normalized spacial score (nSPS) is 12.1. The van der Waals surface area contributed by atoms with Crippen LogP contribution in [0.3, 0.4) is 0 Å². The number of nitrogens with one attached hydrogen (secondary N) is 2. The fourth-order valence-corrected chi connectivity index (χ4v) is 7.92. The molecule has 8 rings (SSSR count). The van der Waals surface area contributed by atoms with Crippen molar-refractivity contribution in [2.75, 3.05) is 17.2 Å². The van der Waals surface area contributed by atoms with Crippen LogP contribution in [0.5, 0.6) is 5.75 Å². The molecule has 0 saturated carbocycles. The highest BCUT2D eigenvalue weighted by Gasteiger charge is 2.26. The van der Waals surface area contributed by atoms with Gasteiger partial charge in [-0.2, -0.15) is 0 Å². The lowest BCUT2D eigenvalue weighted by atomic mass is 9.92. The number of aromatic nitrogens is 6. The molecule has 0 aliphatic heterocycles. The number of ether oxygens (including phenoxy) is 1. The first-order valence-electron chi connectivity index (χ1n) is 17.4. The van der Waals surface area contributed by atoms with E-state index in [1.165, 1.54) is 17.0 Å². The molecular weight excluding hydrogens is 724 g/mol. The van der Waals surface area contributed by atoms with Crippen molar-refractivity contribution >= 4 is 54.7 Å². The molecule has 0 bridgehead atoms. The van der Waals surface area contributed by atoms with Crippen molar-refractivity contribution in [2.24, 2.45) is 0 Å². The number of rotatable bonds is 12. The van der Waals surface area contributed by atoms with Gasteiger partial charge in [0.05, 0.1) is 30.5 Å². The Morgan fingerprint density at radius 1 is 0.648 bits per heavy atom. The zero-order valence-corrected chi connectivity index (χ0v) is 31.9. The van der Waals surface area contributed by atoms with Gasteiger partial charge in [-0.05, 0) is 66.1 Å². The van der Waals surface area contributed by atoms with Crippen LogP contribution in [-0.4, -0.2) is 36.9 Å². The molecule has 0 fully saturated rings. The number of benzene rings is 2. The molecule has 0 aliphatic carbocycles. The Labute approximate surface area is 318 Å². The van der Waals surface area contributed by atoms with Gasteiger partial charge in [-0.25, -0.2) is 24.3 Å². The molecule has 0 aliphatic rings. The van der Waals surface area contributed by atoms with Gasteiger partial charge >= 0.3 is 0 Å². The Hall–Kier alpha value is -5.73. The van der Waals surface area contributed by atoms with Crippen LogP contribution < -0.4 is 15.4 Å². The van der Waals surface area contributed by atoms with E-state index >= 15 is 0 Å². The lowest BCUT2D eigenvalue weighted by molar-refractivity contribution is 0.243. The molecule has 0 unspecified atom stereocenters. The molecule has 54 heavy (non-hydrogen) atoms. The summed E-state index contributed by atoms with van der Waals surface area (Å²) in [6, 6.07) is 22.1. The Morgan fingerprint density at radius 3 is 1.69 bits per heavy atom. The molecule has 0 radical (unpaired) electrons. The molecule has 14 heteroatoms. The van der Waals surface area contributed by atoms with Gasteiger partial charge in [-0.15, -0.1) is 22.7 Å². The van der Waals surface area contributed by atoms with Crippen LogP contribution in [0, 0.1) is 5.82 Å². The van der Waals surface area contributed by atoms with Gasteiger partial charge in [0.1, 0.15) is 56.9 Å². The molecule has 0 spiro atoms. The molecular formula is C40H37FN8O3S2. The van der Waals surface area contributed by atoms with E-state index in [-0.39, 0.29) is 16.6 Å². The molecule has 8 aromatic rings. The third-order valence-electron chi connectivity index (χ3n) is 8.93. The molecule has 0 atom stereocenters. The van der Waals surface area contributed by atoms with Crippen LogP contribution in [0.4, 0.5) is 16.0 Å². The van der Waals surface area contributed by atoms with Gasteiger partial charge in [-0.3, -0.25) is 0 Å². The van der Waals surface area contributed by atoms with Crippen LogP contribution in [0.25, 0.3) is 42.9 Å². The standard InChI is InChI=1S/C40H37FN8O3S2/c1-39(2,3)33-16-29-35(44-21-46-37(29)53-33)42-18-28-15-32(49-52-28)24-8-12-26(13-9-24)50-20-40(4,5)34-17-30-36(45-22-47-38(30)54-34)43-19-27-14-31(48-51-27)23-6-10-25(41)11-7-23/h6-17,21-22H,18-20H2,1-5H3,(H,42,44,46)(H,43,45,47). The maximum Gasteiger partial charge on any atom is 0.156 e. The topological polar surface area (TPSA) is 137 Å². The maximum atomic E-state index is 13.3. The SMILES string of the molecule is CC(C)(C)c1cc2c(NCc3cc(-c4ccc(OCC(C)(C)c5cc6c(NCc7cc(-c8ccc(F)cc8)no7)ncnc6s5)cc4)no3)ncnc2s1. The smallest absolute Gasteiger partial charge is 0.156 e. The van der Waals surface area contributed by atoms with Gasteiger partial charge in [0.25, 0.3) is 0 Å². The van der Waals surface area contributed by atoms with Crippen LogP contribution in [-0.2, 0) is 23.9 Å². The van der Waals surface area contributed by atoms with Gasteiger partial charge in [0.2, 0.25) is 0 Å². The van der Waals surface area contributed by atoms with E-state index in [2.05, 4.69) is 87.6 Å². The maximum absolute atomic E-state index is 13.3. The lowest BCUT2D eigenvalue weighted by Crippen LogP contribution is -2.25. The minimum atomic E-state index is -0.309. The van der Waals surface area contributed by atoms with E-state index in [1.807, 2.05) is 36.4 Å². The first-order valence-corrected chi connectivity index (χ1v) is 19.0. The van der Waals surface area contributed by atoms with Gasteiger partial charge in [-0.1, -0.05) is 44.9 Å². The number of hydrogen-bond acceptors (Lipinski definition) is 13. The minimum Gasteiger partial charge on any atom is -0.493 e. The summed E-state index contributed by atoms with van der Waals surface area (Å²) in [6.45, 7) is 12.2. The van der Waals surface area contributed by atoms with E-state index in [9.17, 15) is 4.39 Å². The highest BCUT2D eigenvalue weighted by molar-refractivity contribution is 7.19. The second-order valence-corrected chi connectivity index (χ2v) is 16.7. The van der Waals surface area contributed by atoms with E-state index in [4.69, 9.17) is 13.8 Å². The van der Waals surface area contributed by atoms with Crippen molar-refractivity contribution in [3.63, 3.8) is 0 Å². The van der Waals surface area contributed by atoms with Gasteiger partial charge in [0.15, 0.2) is 11.5 Å². The van der Waals surface area contributed by atoms with E-state index in [0.717, 1.165) is 53.7 Å². The van der Waals surface area contributed by atoms with E-state index in [0.29, 0.717) is 42.7 Å². The lowest BCUT2D eigenvalue weighted by Gasteiger charge is -2.23. The molecule has 0 saturated heterocycles. The summed E-state index contributed by atoms with van der Waals surface area (Å²) in [5.74, 6) is 3.26. The van der Waals surface area contributed by atoms with Crippen LogP contribution in [0.1, 0.15) is 55.9 Å². The Kier molecular flexibility index (Phi) is 9.32. The number of fused-ring (bicyclic) bond motifs is 2. The van der Waals surface area contributed by atoms with Crippen molar-refractivity contribution in [3.05, 3.63) is 113 Å². The predicted octanol–water partition coefficient (Wildman–Crippen LogP) is 10.0. The fourth-order valence-electron chi connectivity index (χ4n) is 5.78. The molecule has 2 N–H and O–H groups in total. The third kappa shape index (κ3) is 7.52. The van der Waals surface area contributed by atoms with Crippen LogP contribution in [0.2, 0.25) is 0 Å². The number of hydrogen-bond donors (Lipinski definition) is 2. The van der Waals surface area contributed by atoms with Crippen LogP contribution >= 0.6 is 22.7 Å².